The normalized spacial score (nSPS) is 14.4. The van der Waals surface area contributed by atoms with Gasteiger partial charge < -0.3 is 15.2 Å². The molecule has 6 nitrogen and oxygen atoms in total. The summed E-state index contributed by atoms with van der Waals surface area (Å²) in [5, 5.41) is 3.04. The summed E-state index contributed by atoms with van der Waals surface area (Å²) < 4.78 is 0. The van der Waals surface area contributed by atoms with Crippen LogP contribution in [0.15, 0.2) is 48.5 Å². The minimum atomic E-state index is -0.448. The van der Waals surface area contributed by atoms with Gasteiger partial charge in [-0.1, -0.05) is 44.2 Å². The van der Waals surface area contributed by atoms with Crippen LogP contribution in [0, 0.1) is 5.92 Å². The lowest BCUT2D eigenvalue weighted by atomic mass is 10.0. The molecule has 0 radical (unpaired) electrons. The van der Waals surface area contributed by atoms with Crippen molar-refractivity contribution in [2.24, 2.45) is 5.92 Å². The second-order valence-electron chi connectivity index (χ2n) is 8.33. The van der Waals surface area contributed by atoms with Crippen LogP contribution in [-0.4, -0.2) is 39.3 Å². The molecule has 0 bridgehead atoms. The Bertz CT molecular complexity index is 1020. The Labute approximate surface area is 176 Å². The molecule has 0 saturated heterocycles. The fourth-order valence-electron chi connectivity index (χ4n) is 4.06. The molecular formula is C24H28N4O2. The maximum atomic E-state index is 13.0. The molecule has 0 saturated carbocycles. The van der Waals surface area contributed by atoms with Crippen molar-refractivity contribution in [3.63, 3.8) is 0 Å². The van der Waals surface area contributed by atoms with Crippen molar-refractivity contribution >= 4 is 22.8 Å². The molecule has 0 aliphatic carbocycles. The van der Waals surface area contributed by atoms with E-state index >= 15 is 0 Å². The van der Waals surface area contributed by atoms with Crippen molar-refractivity contribution in [3.05, 3.63) is 65.5 Å². The van der Waals surface area contributed by atoms with Crippen LogP contribution in [0.1, 0.15) is 48.4 Å². The monoisotopic (exact) mass is 404 g/mol. The van der Waals surface area contributed by atoms with Crippen LogP contribution in [0.3, 0.4) is 0 Å². The van der Waals surface area contributed by atoms with E-state index in [1.165, 1.54) is 0 Å². The van der Waals surface area contributed by atoms with E-state index in [-0.39, 0.29) is 11.8 Å². The minimum Gasteiger partial charge on any atom is -0.354 e. The maximum Gasteiger partial charge on any atom is 0.255 e. The first kappa shape index (κ1) is 20.1. The quantitative estimate of drug-likeness (QED) is 0.562. The number of carbonyl (C=O) groups excluding carboxylic acids is 2. The van der Waals surface area contributed by atoms with E-state index in [1.54, 1.807) is 4.90 Å². The molecule has 30 heavy (non-hydrogen) atoms. The number of H-pyrrole nitrogens is 1. The van der Waals surface area contributed by atoms with Gasteiger partial charge in [0.2, 0.25) is 5.91 Å². The third kappa shape index (κ3) is 4.22. The van der Waals surface area contributed by atoms with E-state index in [1.807, 2.05) is 48.5 Å². The van der Waals surface area contributed by atoms with Crippen LogP contribution >= 0.6 is 0 Å². The molecule has 0 fully saturated rings. The molecule has 2 heterocycles. The highest BCUT2D eigenvalue weighted by Gasteiger charge is 2.36. The minimum absolute atomic E-state index is 0.0475. The molecule has 1 atom stereocenters. The average molecular weight is 405 g/mol. The van der Waals surface area contributed by atoms with E-state index in [0.29, 0.717) is 31.0 Å². The smallest absolute Gasteiger partial charge is 0.255 e. The van der Waals surface area contributed by atoms with Gasteiger partial charge in [-0.3, -0.25) is 9.59 Å². The van der Waals surface area contributed by atoms with Gasteiger partial charge in [0.15, 0.2) is 0 Å². The predicted octanol–water partition coefficient (Wildman–Crippen LogP) is 3.68. The van der Waals surface area contributed by atoms with Gasteiger partial charge >= 0.3 is 0 Å². The highest BCUT2D eigenvalue weighted by Crippen LogP contribution is 2.26. The largest absolute Gasteiger partial charge is 0.354 e. The van der Waals surface area contributed by atoms with E-state index in [4.69, 9.17) is 0 Å². The molecular weight excluding hydrogens is 376 g/mol. The summed E-state index contributed by atoms with van der Waals surface area (Å²) in [5.41, 5.74) is 3.69. The first-order valence-corrected chi connectivity index (χ1v) is 10.6. The van der Waals surface area contributed by atoms with E-state index in [9.17, 15) is 9.59 Å². The molecule has 1 unspecified atom stereocenters. The molecule has 3 aromatic rings. The molecule has 6 heteroatoms. The number of amides is 2. The summed E-state index contributed by atoms with van der Waals surface area (Å²) in [6.07, 6.45) is 2.20. The topological polar surface area (TPSA) is 78.1 Å². The van der Waals surface area contributed by atoms with Crippen LogP contribution < -0.4 is 5.32 Å². The van der Waals surface area contributed by atoms with Gasteiger partial charge in [0, 0.05) is 25.1 Å². The highest BCUT2D eigenvalue weighted by atomic mass is 16.2. The number of fused-ring (bicyclic) bond motifs is 2. The molecule has 0 spiro atoms. The first-order chi connectivity index (χ1) is 14.5. The number of aromatic amines is 1. The molecule has 1 aliphatic rings. The molecule has 2 aromatic carbocycles. The number of rotatable bonds is 8. The molecule has 156 valence electrons. The summed E-state index contributed by atoms with van der Waals surface area (Å²) in [7, 11) is 0. The number of hydrogen-bond acceptors (Lipinski definition) is 3. The van der Waals surface area contributed by atoms with Crippen molar-refractivity contribution in [2.45, 2.75) is 45.7 Å². The number of para-hydroxylation sites is 2. The van der Waals surface area contributed by atoms with Crippen LogP contribution in [0.5, 0.6) is 0 Å². The summed E-state index contributed by atoms with van der Waals surface area (Å²) in [6, 6.07) is 15.1. The van der Waals surface area contributed by atoms with Gasteiger partial charge in [-0.2, -0.15) is 0 Å². The fraction of sp³-hybridized carbons (Fsp3) is 0.375. The van der Waals surface area contributed by atoms with Crippen LogP contribution in [-0.2, 0) is 17.8 Å². The molecule has 1 aromatic heterocycles. The third-order valence-corrected chi connectivity index (χ3v) is 5.55. The molecule has 2 amide bonds. The first-order valence-electron chi connectivity index (χ1n) is 10.6. The Morgan fingerprint density at radius 1 is 1.17 bits per heavy atom. The Morgan fingerprint density at radius 2 is 1.93 bits per heavy atom. The van der Waals surface area contributed by atoms with Crippen LogP contribution in [0.4, 0.5) is 0 Å². The lowest BCUT2D eigenvalue weighted by Gasteiger charge is -2.28. The van der Waals surface area contributed by atoms with Gasteiger partial charge in [0.05, 0.1) is 11.0 Å². The number of nitrogens with zero attached hydrogens (tertiary/aromatic N) is 2. The summed E-state index contributed by atoms with van der Waals surface area (Å²) in [4.78, 5) is 35.5. The van der Waals surface area contributed by atoms with Gasteiger partial charge in [-0.15, -0.1) is 0 Å². The Balaban J connectivity index is 1.35. The van der Waals surface area contributed by atoms with Crippen molar-refractivity contribution in [2.75, 3.05) is 6.54 Å². The molecule has 4 rings (SSSR count). The Morgan fingerprint density at radius 3 is 2.70 bits per heavy atom. The standard InChI is InChI=1S/C24H28N4O2/c1-16(2)14-21(28-15-17-8-3-4-9-18(17)24(28)30)23(29)25-13-7-12-22-26-19-10-5-6-11-20(19)27-22/h3-6,8-11,16,21H,7,12-15H2,1-2H3,(H,25,29)(H,26,27). The number of aromatic nitrogens is 2. The maximum absolute atomic E-state index is 13.0. The number of benzene rings is 2. The zero-order valence-corrected chi connectivity index (χ0v) is 17.5. The van der Waals surface area contributed by atoms with Crippen LogP contribution in [0.2, 0.25) is 0 Å². The van der Waals surface area contributed by atoms with Crippen molar-refractivity contribution in [1.29, 1.82) is 0 Å². The van der Waals surface area contributed by atoms with Crippen molar-refractivity contribution < 1.29 is 9.59 Å². The number of hydrogen-bond donors (Lipinski definition) is 2. The van der Waals surface area contributed by atoms with Gasteiger partial charge in [-0.05, 0) is 42.5 Å². The molecule has 2 N–H and O–H groups in total. The lowest BCUT2D eigenvalue weighted by molar-refractivity contribution is -0.126. The molecule has 1 aliphatic heterocycles. The lowest BCUT2D eigenvalue weighted by Crippen LogP contribution is -2.48. The number of imidazole rings is 1. The number of nitrogens with one attached hydrogen (secondary N) is 2. The van der Waals surface area contributed by atoms with E-state index in [2.05, 4.69) is 29.1 Å². The number of aryl methyl sites for hydroxylation is 1. The van der Waals surface area contributed by atoms with E-state index in [0.717, 1.165) is 35.3 Å². The Kier molecular flexibility index (Phi) is 5.84. The summed E-state index contributed by atoms with van der Waals surface area (Å²) in [6.45, 7) is 5.21. The van der Waals surface area contributed by atoms with Crippen LogP contribution in [0.25, 0.3) is 11.0 Å². The Hall–Kier alpha value is -3.15. The zero-order chi connectivity index (χ0) is 21.1. The number of carbonyl (C=O) groups is 2. The summed E-state index contributed by atoms with van der Waals surface area (Å²) >= 11 is 0. The predicted molar refractivity (Wildman–Crippen MR) is 117 cm³/mol. The van der Waals surface area contributed by atoms with Gasteiger partial charge in [0.1, 0.15) is 11.9 Å². The zero-order valence-electron chi connectivity index (χ0n) is 17.5. The second-order valence-corrected chi connectivity index (χ2v) is 8.33. The van der Waals surface area contributed by atoms with Gasteiger partial charge in [-0.25, -0.2) is 4.98 Å². The fourth-order valence-corrected chi connectivity index (χ4v) is 4.06. The SMILES string of the molecule is CC(C)CC(C(=O)NCCCc1nc2ccccc2[nH]1)N1Cc2ccccc2C1=O. The highest BCUT2D eigenvalue weighted by molar-refractivity contribution is 6.01. The van der Waals surface area contributed by atoms with Crippen molar-refractivity contribution in [3.8, 4) is 0 Å². The third-order valence-electron chi connectivity index (χ3n) is 5.55. The van der Waals surface area contributed by atoms with Crippen molar-refractivity contribution in [1.82, 2.24) is 20.2 Å². The average Bonchev–Trinajstić information content (AvgIpc) is 3.30. The van der Waals surface area contributed by atoms with Gasteiger partial charge in [0.25, 0.3) is 5.91 Å². The van der Waals surface area contributed by atoms with E-state index < -0.39 is 6.04 Å². The summed E-state index contributed by atoms with van der Waals surface area (Å²) in [5.74, 6) is 1.12. The second kappa shape index (κ2) is 8.69.